The SMILES string of the molecule is CC(=O)c1cccc(OCC(=O)O[C@@H](C)C(=O)c2c(C)[nH]c3ccccc23)c1. The normalized spacial score (nSPS) is 11.8. The molecule has 6 heteroatoms. The molecule has 0 spiro atoms. The number of hydrogen-bond acceptors (Lipinski definition) is 5. The minimum atomic E-state index is -0.947. The van der Waals surface area contributed by atoms with Crippen molar-refractivity contribution in [2.24, 2.45) is 0 Å². The fourth-order valence-corrected chi connectivity index (χ4v) is 3.03. The summed E-state index contributed by atoms with van der Waals surface area (Å²) in [6.07, 6.45) is -0.947. The van der Waals surface area contributed by atoms with Gasteiger partial charge in [-0.25, -0.2) is 4.79 Å². The highest BCUT2D eigenvalue weighted by atomic mass is 16.6. The standard InChI is InChI=1S/C22H21NO5/c1-13-21(18-9-4-5-10-19(18)23-13)22(26)15(3)28-20(25)12-27-17-8-6-7-16(11-17)14(2)24/h4-11,15,23H,12H2,1-3H3/t15-/m0/s1. The lowest BCUT2D eigenvalue weighted by molar-refractivity contribution is -0.148. The lowest BCUT2D eigenvalue weighted by atomic mass is 10.0. The Hall–Kier alpha value is -3.41. The van der Waals surface area contributed by atoms with Crippen molar-refractivity contribution in [1.82, 2.24) is 4.98 Å². The average Bonchev–Trinajstić information content (AvgIpc) is 3.01. The smallest absolute Gasteiger partial charge is 0.344 e. The Balaban J connectivity index is 1.64. The molecule has 1 heterocycles. The zero-order chi connectivity index (χ0) is 20.3. The van der Waals surface area contributed by atoms with E-state index < -0.39 is 12.1 Å². The quantitative estimate of drug-likeness (QED) is 0.497. The molecular weight excluding hydrogens is 358 g/mol. The number of benzene rings is 2. The summed E-state index contributed by atoms with van der Waals surface area (Å²) >= 11 is 0. The van der Waals surface area contributed by atoms with E-state index >= 15 is 0 Å². The van der Waals surface area contributed by atoms with Gasteiger partial charge in [-0.3, -0.25) is 9.59 Å². The molecule has 0 amide bonds. The molecule has 0 bridgehead atoms. The minimum absolute atomic E-state index is 0.0960. The second kappa shape index (κ2) is 8.08. The molecule has 0 saturated heterocycles. The molecule has 1 atom stereocenters. The molecule has 28 heavy (non-hydrogen) atoms. The Morgan fingerprint density at radius 2 is 1.82 bits per heavy atom. The lowest BCUT2D eigenvalue weighted by Gasteiger charge is -2.13. The topological polar surface area (TPSA) is 85.5 Å². The third-order valence-corrected chi connectivity index (χ3v) is 4.41. The zero-order valence-electron chi connectivity index (χ0n) is 15.9. The van der Waals surface area contributed by atoms with Gasteiger partial charge in [-0.1, -0.05) is 30.3 Å². The highest BCUT2D eigenvalue weighted by molar-refractivity contribution is 6.11. The van der Waals surface area contributed by atoms with Gasteiger partial charge in [0.25, 0.3) is 0 Å². The maximum atomic E-state index is 12.8. The van der Waals surface area contributed by atoms with Gasteiger partial charge in [-0.05, 0) is 39.0 Å². The summed E-state index contributed by atoms with van der Waals surface area (Å²) in [5.41, 5.74) is 2.59. The number of hydrogen-bond donors (Lipinski definition) is 1. The molecule has 0 radical (unpaired) electrons. The number of aryl methyl sites for hydroxylation is 1. The molecule has 6 nitrogen and oxygen atoms in total. The highest BCUT2D eigenvalue weighted by Gasteiger charge is 2.24. The third-order valence-electron chi connectivity index (χ3n) is 4.41. The summed E-state index contributed by atoms with van der Waals surface area (Å²) in [6.45, 7) is 4.45. The molecule has 0 aliphatic carbocycles. The van der Waals surface area contributed by atoms with Crippen molar-refractivity contribution in [3.05, 3.63) is 65.4 Å². The van der Waals surface area contributed by atoms with Crippen LogP contribution >= 0.6 is 0 Å². The summed E-state index contributed by atoms with van der Waals surface area (Å²) in [5, 5.41) is 0.796. The first-order valence-electron chi connectivity index (χ1n) is 8.91. The number of nitrogens with one attached hydrogen (secondary N) is 1. The van der Waals surface area contributed by atoms with Crippen LogP contribution in [0.4, 0.5) is 0 Å². The maximum Gasteiger partial charge on any atom is 0.344 e. The average molecular weight is 379 g/mol. The molecular formula is C22H21NO5. The van der Waals surface area contributed by atoms with Gasteiger partial charge in [0.05, 0.1) is 0 Å². The van der Waals surface area contributed by atoms with E-state index in [0.717, 1.165) is 16.6 Å². The first-order chi connectivity index (χ1) is 13.4. The maximum absolute atomic E-state index is 12.8. The largest absolute Gasteiger partial charge is 0.482 e. The summed E-state index contributed by atoms with van der Waals surface area (Å²) in [5.74, 6) is -0.647. The highest BCUT2D eigenvalue weighted by Crippen LogP contribution is 2.24. The van der Waals surface area contributed by atoms with Crippen LogP contribution in [0.25, 0.3) is 10.9 Å². The molecule has 0 fully saturated rings. The predicted octanol–water partition coefficient (Wildman–Crippen LogP) is 3.87. The number of carbonyl (C=O) groups excluding carboxylic acids is 3. The van der Waals surface area contributed by atoms with Gasteiger partial charge in [0, 0.05) is 27.7 Å². The monoisotopic (exact) mass is 379 g/mol. The minimum Gasteiger partial charge on any atom is -0.482 e. The van der Waals surface area contributed by atoms with Crippen LogP contribution in [0, 0.1) is 6.92 Å². The molecule has 0 saturated carbocycles. The van der Waals surface area contributed by atoms with Gasteiger partial charge in [0.1, 0.15) is 5.75 Å². The van der Waals surface area contributed by atoms with Crippen LogP contribution < -0.4 is 4.74 Å². The number of H-pyrrole nitrogens is 1. The lowest BCUT2D eigenvalue weighted by Crippen LogP contribution is -2.27. The van der Waals surface area contributed by atoms with Gasteiger partial charge in [-0.15, -0.1) is 0 Å². The van der Waals surface area contributed by atoms with Crippen LogP contribution in [0.2, 0.25) is 0 Å². The Bertz CT molecular complexity index is 1050. The Morgan fingerprint density at radius 3 is 2.57 bits per heavy atom. The number of aromatic nitrogens is 1. The molecule has 0 aliphatic heterocycles. The van der Waals surface area contributed by atoms with Gasteiger partial charge < -0.3 is 14.5 Å². The molecule has 1 aromatic heterocycles. The molecule has 1 N–H and O–H groups in total. The Kier molecular flexibility index (Phi) is 5.59. The molecule has 144 valence electrons. The van der Waals surface area contributed by atoms with E-state index in [-0.39, 0.29) is 18.2 Å². The van der Waals surface area contributed by atoms with Crippen molar-refractivity contribution in [2.75, 3.05) is 6.61 Å². The summed E-state index contributed by atoms with van der Waals surface area (Å²) in [6, 6.07) is 14.0. The third kappa shape index (κ3) is 4.11. The van der Waals surface area contributed by atoms with Crippen molar-refractivity contribution >= 4 is 28.4 Å². The molecule has 3 rings (SSSR count). The first-order valence-corrected chi connectivity index (χ1v) is 8.91. The van der Waals surface area contributed by atoms with Crippen LogP contribution in [-0.4, -0.2) is 35.2 Å². The van der Waals surface area contributed by atoms with Crippen molar-refractivity contribution in [2.45, 2.75) is 26.9 Å². The molecule has 3 aromatic rings. The number of esters is 1. The second-order valence-corrected chi connectivity index (χ2v) is 6.54. The number of ketones is 2. The van der Waals surface area contributed by atoms with Crippen LogP contribution in [-0.2, 0) is 9.53 Å². The van der Waals surface area contributed by atoms with E-state index in [1.807, 2.05) is 31.2 Å². The summed E-state index contributed by atoms with van der Waals surface area (Å²) in [7, 11) is 0. The van der Waals surface area contributed by atoms with Crippen LogP contribution in [0.3, 0.4) is 0 Å². The number of carbonyl (C=O) groups is 3. The fraction of sp³-hybridized carbons (Fsp3) is 0.227. The van der Waals surface area contributed by atoms with Gasteiger partial charge in [-0.2, -0.15) is 0 Å². The number of para-hydroxylation sites is 1. The zero-order valence-corrected chi connectivity index (χ0v) is 15.9. The van der Waals surface area contributed by atoms with Gasteiger partial charge >= 0.3 is 5.97 Å². The van der Waals surface area contributed by atoms with Crippen molar-refractivity contribution in [1.29, 1.82) is 0 Å². The molecule has 0 unspecified atom stereocenters. The van der Waals surface area contributed by atoms with E-state index in [9.17, 15) is 14.4 Å². The van der Waals surface area contributed by atoms with Gasteiger partial charge in [0.2, 0.25) is 5.78 Å². The first kappa shape index (κ1) is 19.4. The molecule has 0 aliphatic rings. The van der Waals surface area contributed by atoms with E-state index in [1.54, 1.807) is 24.3 Å². The predicted molar refractivity (Wildman–Crippen MR) is 105 cm³/mol. The number of ether oxygens (including phenoxy) is 2. The van der Waals surface area contributed by atoms with Gasteiger partial charge in [0.15, 0.2) is 18.5 Å². The van der Waals surface area contributed by atoms with E-state index in [4.69, 9.17) is 9.47 Å². The summed E-state index contributed by atoms with van der Waals surface area (Å²) in [4.78, 5) is 39.5. The Morgan fingerprint density at radius 1 is 1.07 bits per heavy atom. The van der Waals surface area contributed by atoms with Crippen LogP contribution in [0.5, 0.6) is 5.75 Å². The van der Waals surface area contributed by atoms with E-state index in [2.05, 4.69) is 4.98 Å². The van der Waals surface area contributed by atoms with Crippen LogP contribution in [0.15, 0.2) is 48.5 Å². The number of aromatic amines is 1. The number of fused-ring (bicyclic) bond motifs is 1. The van der Waals surface area contributed by atoms with E-state index in [1.165, 1.54) is 13.8 Å². The molecule has 2 aromatic carbocycles. The Labute approximate surface area is 162 Å². The van der Waals surface area contributed by atoms with Crippen molar-refractivity contribution < 1.29 is 23.9 Å². The number of Topliss-reactive ketones (excluding diaryl/α,β-unsaturated/α-hetero) is 2. The second-order valence-electron chi connectivity index (χ2n) is 6.54. The fourth-order valence-electron chi connectivity index (χ4n) is 3.03. The summed E-state index contributed by atoms with van der Waals surface area (Å²) < 4.78 is 10.6. The number of rotatable bonds is 7. The van der Waals surface area contributed by atoms with E-state index in [0.29, 0.717) is 16.9 Å². The van der Waals surface area contributed by atoms with Crippen molar-refractivity contribution in [3.8, 4) is 5.75 Å². The van der Waals surface area contributed by atoms with Crippen molar-refractivity contribution in [3.63, 3.8) is 0 Å². The van der Waals surface area contributed by atoms with Crippen LogP contribution in [0.1, 0.15) is 40.3 Å².